The molecular weight excluding hydrogens is 390 g/mol. The van der Waals surface area contributed by atoms with Crippen LogP contribution in [-0.2, 0) is 0 Å². The molecule has 4 aromatic rings. The smallest absolute Gasteiger partial charge is 0.213 e. The summed E-state index contributed by atoms with van der Waals surface area (Å²) in [4.78, 5) is 7.37. The van der Waals surface area contributed by atoms with Crippen LogP contribution in [0, 0.1) is 0 Å². The first kappa shape index (κ1) is 15.8. The van der Waals surface area contributed by atoms with Crippen molar-refractivity contribution in [3.63, 3.8) is 0 Å². The second-order valence-corrected chi connectivity index (χ2v) is 7.58. The molecule has 0 bridgehead atoms. The minimum atomic E-state index is 0.839. The Morgan fingerprint density at radius 3 is 2.42 bits per heavy atom. The van der Waals surface area contributed by atoms with E-state index >= 15 is 0 Å². The van der Waals surface area contributed by atoms with E-state index in [-0.39, 0.29) is 0 Å². The molecular formula is C20H18BrN5. The van der Waals surface area contributed by atoms with E-state index in [2.05, 4.69) is 59.7 Å². The molecule has 0 N–H and O–H groups in total. The van der Waals surface area contributed by atoms with E-state index in [4.69, 9.17) is 4.98 Å². The maximum Gasteiger partial charge on any atom is 0.213 e. The zero-order valence-corrected chi connectivity index (χ0v) is 15.9. The van der Waals surface area contributed by atoms with Crippen molar-refractivity contribution in [3.8, 4) is 11.4 Å². The van der Waals surface area contributed by atoms with Crippen molar-refractivity contribution in [1.29, 1.82) is 0 Å². The maximum atomic E-state index is 5.00. The molecule has 1 aliphatic rings. The number of nitrogens with zero attached hydrogens (tertiary/aromatic N) is 5. The number of aromatic nitrogens is 4. The van der Waals surface area contributed by atoms with E-state index in [1.54, 1.807) is 0 Å². The van der Waals surface area contributed by atoms with E-state index < -0.39 is 0 Å². The lowest BCUT2D eigenvalue weighted by Gasteiger charge is -2.28. The molecule has 0 saturated carbocycles. The Morgan fingerprint density at radius 1 is 0.846 bits per heavy atom. The van der Waals surface area contributed by atoms with Crippen LogP contribution in [0.5, 0.6) is 0 Å². The maximum absolute atomic E-state index is 5.00. The topological polar surface area (TPSA) is 46.3 Å². The quantitative estimate of drug-likeness (QED) is 0.483. The van der Waals surface area contributed by atoms with Crippen molar-refractivity contribution in [2.75, 3.05) is 18.0 Å². The Morgan fingerprint density at radius 2 is 1.62 bits per heavy atom. The first-order valence-corrected chi connectivity index (χ1v) is 9.75. The SMILES string of the molecule is Brc1ccc(-c2nnc3c4ccccc4nc(N4CCCCC4)n23)cc1. The summed E-state index contributed by atoms with van der Waals surface area (Å²) in [5.41, 5.74) is 2.88. The minimum absolute atomic E-state index is 0.839. The molecule has 6 heteroatoms. The largest absolute Gasteiger partial charge is 0.342 e. The van der Waals surface area contributed by atoms with Crippen LogP contribution in [0.25, 0.3) is 27.9 Å². The Hall–Kier alpha value is -2.47. The predicted molar refractivity (Wildman–Crippen MR) is 107 cm³/mol. The summed E-state index contributed by atoms with van der Waals surface area (Å²) in [5, 5.41) is 10.1. The van der Waals surface area contributed by atoms with E-state index in [1.807, 2.05) is 24.3 Å². The van der Waals surface area contributed by atoms with Gasteiger partial charge in [0.2, 0.25) is 5.95 Å². The van der Waals surface area contributed by atoms with Crippen molar-refractivity contribution in [3.05, 3.63) is 53.0 Å². The van der Waals surface area contributed by atoms with Crippen LogP contribution < -0.4 is 4.90 Å². The monoisotopic (exact) mass is 407 g/mol. The van der Waals surface area contributed by atoms with Gasteiger partial charge in [-0.1, -0.05) is 40.2 Å². The van der Waals surface area contributed by atoms with Gasteiger partial charge >= 0.3 is 0 Å². The molecule has 5 nitrogen and oxygen atoms in total. The molecule has 1 fully saturated rings. The molecule has 0 spiro atoms. The summed E-state index contributed by atoms with van der Waals surface area (Å²) in [7, 11) is 0. The van der Waals surface area contributed by atoms with Gasteiger partial charge in [0.1, 0.15) is 0 Å². The van der Waals surface area contributed by atoms with Crippen LogP contribution in [-0.4, -0.2) is 32.7 Å². The summed E-state index contributed by atoms with van der Waals surface area (Å²) < 4.78 is 3.17. The first-order chi connectivity index (χ1) is 12.8. The zero-order valence-electron chi connectivity index (χ0n) is 14.3. The normalized spacial score (nSPS) is 15.0. The highest BCUT2D eigenvalue weighted by Crippen LogP contribution is 2.30. The summed E-state index contributed by atoms with van der Waals surface area (Å²) in [6.07, 6.45) is 3.69. The van der Waals surface area contributed by atoms with Gasteiger partial charge in [0.15, 0.2) is 11.5 Å². The van der Waals surface area contributed by atoms with Gasteiger partial charge < -0.3 is 4.90 Å². The van der Waals surface area contributed by atoms with Gasteiger partial charge in [-0.05, 0) is 43.5 Å². The number of rotatable bonds is 2. The van der Waals surface area contributed by atoms with Crippen LogP contribution in [0.2, 0.25) is 0 Å². The average molecular weight is 408 g/mol. The highest BCUT2D eigenvalue weighted by molar-refractivity contribution is 9.10. The van der Waals surface area contributed by atoms with Crippen LogP contribution in [0.3, 0.4) is 0 Å². The lowest BCUT2D eigenvalue weighted by atomic mass is 10.1. The molecule has 2 aromatic carbocycles. The van der Waals surface area contributed by atoms with Crippen molar-refractivity contribution in [1.82, 2.24) is 19.6 Å². The zero-order chi connectivity index (χ0) is 17.5. The number of hydrogen-bond acceptors (Lipinski definition) is 4. The van der Waals surface area contributed by atoms with Crippen LogP contribution in [0.1, 0.15) is 19.3 Å². The van der Waals surface area contributed by atoms with E-state index in [9.17, 15) is 0 Å². The van der Waals surface area contributed by atoms with E-state index in [0.29, 0.717) is 0 Å². The second-order valence-electron chi connectivity index (χ2n) is 6.67. The lowest BCUT2D eigenvalue weighted by Crippen LogP contribution is -2.32. The molecule has 0 radical (unpaired) electrons. The highest BCUT2D eigenvalue weighted by Gasteiger charge is 2.21. The number of anilines is 1. The molecule has 1 aliphatic heterocycles. The third-order valence-corrected chi connectivity index (χ3v) is 5.50. The van der Waals surface area contributed by atoms with Gasteiger partial charge in [-0.2, -0.15) is 0 Å². The Kier molecular flexibility index (Phi) is 3.85. The molecule has 26 heavy (non-hydrogen) atoms. The molecule has 130 valence electrons. The van der Waals surface area contributed by atoms with E-state index in [0.717, 1.165) is 51.4 Å². The fourth-order valence-electron chi connectivity index (χ4n) is 3.66. The van der Waals surface area contributed by atoms with Gasteiger partial charge in [-0.15, -0.1) is 10.2 Å². The number of piperidine rings is 1. The first-order valence-electron chi connectivity index (χ1n) is 8.96. The van der Waals surface area contributed by atoms with Crippen molar-refractivity contribution >= 4 is 38.4 Å². The standard InChI is InChI=1S/C20H18BrN5/c21-15-10-8-14(9-11-15)18-23-24-19-16-6-2-3-7-17(16)22-20(26(18)19)25-12-4-1-5-13-25/h2-3,6-11H,1,4-5,12-13H2. The van der Waals surface area contributed by atoms with Crippen molar-refractivity contribution < 1.29 is 0 Å². The third kappa shape index (κ3) is 2.56. The third-order valence-electron chi connectivity index (χ3n) is 4.97. The fourth-order valence-corrected chi connectivity index (χ4v) is 3.92. The van der Waals surface area contributed by atoms with Crippen molar-refractivity contribution in [2.24, 2.45) is 0 Å². The Balaban J connectivity index is 1.81. The van der Waals surface area contributed by atoms with Gasteiger partial charge in [-0.3, -0.25) is 0 Å². The number of benzene rings is 2. The molecule has 0 amide bonds. The van der Waals surface area contributed by atoms with Gasteiger partial charge in [-0.25, -0.2) is 9.38 Å². The van der Waals surface area contributed by atoms with Crippen LogP contribution in [0.4, 0.5) is 5.95 Å². The van der Waals surface area contributed by atoms with E-state index in [1.165, 1.54) is 19.3 Å². The number of hydrogen-bond donors (Lipinski definition) is 0. The number of fused-ring (bicyclic) bond motifs is 3. The van der Waals surface area contributed by atoms with Gasteiger partial charge in [0.25, 0.3) is 0 Å². The Bertz CT molecular complexity index is 1080. The number of para-hydroxylation sites is 1. The minimum Gasteiger partial charge on any atom is -0.342 e. The average Bonchev–Trinajstić information content (AvgIpc) is 3.14. The summed E-state index contributed by atoms with van der Waals surface area (Å²) >= 11 is 3.50. The molecule has 0 atom stereocenters. The van der Waals surface area contributed by atoms with Gasteiger partial charge in [0, 0.05) is 28.5 Å². The molecule has 2 aromatic heterocycles. The molecule has 3 heterocycles. The van der Waals surface area contributed by atoms with Crippen LogP contribution in [0.15, 0.2) is 53.0 Å². The lowest BCUT2D eigenvalue weighted by molar-refractivity contribution is 0.567. The van der Waals surface area contributed by atoms with Gasteiger partial charge in [0.05, 0.1) is 5.52 Å². The predicted octanol–water partition coefficient (Wildman–Crippen LogP) is 4.70. The van der Waals surface area contributed by atoms with Crippen molar-refractivity contribution in [2.45, 2.75) is 19.3 Å². The molecule has 0 aliphatic carbocycles. The fraction of sp³-hybridized carbons (Fsp3) is 0.250. The molecule has 0 unspecified atom stereocenters. The molecule has 1 saturated heterocycles. The number of halogens is 1. The summed E-state index contributed by atoms with van der Waals surface area (Å²) in [5.74, 6) is 1.78. The van der Waals surface area contributed by atoms with Crippen LogP contribution >= 0.6 is 15.9 Å². The highest BCUT2D eigenvalue weighted by atomic mass is 79.9. The Labute approximate surface area is 159 Å². The molecule has 5 rings (SSSR count). The summed E-state index contributed by atoms with van der Waals surface area (Å²) in [6.45, 7) is 2.05. The second kappa shape index (κ2) is 6.36. The summed E-state index contributed by atoms with van der Waals surface area (Å²) in [6, 6.07) is 16.4.